The first-order valence-corrected chi connectivity index (χ1v) is 6.35. The molecule has 0 aliphatic heterocycles. The Bertz CT molecular complexity index is 655. The summed E-state index contributed by atoms with van der Waals surface area (Å²) in [5.41, 5.74) is 0.875. The van der Waals surface area contributed by atoms with E-state index in [2.05, 4.69) is 0 Å². The molecular weight excluding hydrogens is 244 g/mol. The van der Waals surface area contributed by atoms with Crippen molar-refractivity contribution >= 4 is 16.9 Å². The van der Waals surface area contributed by atoms with Gasteiger partial charge in [-0.1, -0.05) is 13.3 Å². The molecule has 2 rings (SSSR count). The molecule has 0 radical (unpaired) electrons. The fourth-order valence-electron chi connectivity index (χ4n) is 1.87. The van der Waals surface area contributed by atoms with Gasteiger partial charge >= 0.3 is 11.6 Å². The molecule has 0 unspecified atom stereocenters. The molecule has 0 amide bonds. The zero-order valence-corrected chi connectivity index (χ0v) is 11.1. The van der Waals surface area contributed by atoms with Gasteiger partial charge in [-0.05, 0) is 31.0 Å². The van der Waals surface area contributed by atoms with Gasteiger partial charge in [-0.25, -0.2) is 4.79 Å². The molecule has 0 saturated carbocycles. The SMILES string of the molecule is CCCCC(=O)Oc1ccc2c(C)cc(=O)oc2c1. The van der Waals surface area contributed by atoms with Gasteiger partial charge in [0.15, 0.2) is 0 Å². The average Bonchev–Trinajstić information content (AvgIpc) is 2.35. The number of benzene rings is 1. The van der Waals surface area contributed by atoms with Crippen molar-refractivity contribution in [1.29, 1.82) is 0 Å². The topological polar surface area (TPSA) is 56.5 Å². The summed E-state index contributed by atoms with van der Waals surface area (Å²) in [4.78, 5) is 22.8. The first-order valence-electron chi connectivity index (χ1n) is 6.35. The van der Waals surface area contributed by atoms with Crippen LogP contribution in [0.15, 0.2) is 33.5 Å². The van der Waals surface area contributed by atoms with Gasteiger partial charge < -0.3 is 9.15 Å². The average molecular weight is 260 g/mol. The minimum Gasteiger partial charge on any atom is -0.426 e. The van der Waals surface area contributed by atoms with Gasteiger partial charge in [-0.15, -0.1) is 0 Å². The van der Waals surface area contributed by atoms with Crippen LogP contribution in [-0.4, -0.2) is 5.97 Å². The molecule has 0 aliphatic rings. The lowest BCUT2D eigenvalue weighted by Gasteiger charge is -2.05. The van der Waals surface area contributed by atoms with E-state index in [0.29, 0.717) is 17.8 Å². The molecule has 0 fully saturated rings. The summed E-state index contributed by atoms with van der Waals surface area (Å²) in [6, 6.07) is 6.51. The summed E-state index contributed by atoms with van der Waals surface area (Å²) in [6.45, 7) is 3.85. The molecule has 2 aromatic rings. The lowest BCUT2D eigenvalue weighted by Crippen LogP contribution is -2.07. The number of hydrogen-bond acceptors (Lipinski definition) is 4. The van der Waals surface area contributed by atoms with Crippen molar-refractivity contribution in [2.45, 2.75) is 33.1 Å². The summed E-state index contributed by atoms with van der Waals surface area (Å²) in [5, 5.41) is 0.841. The van der Waals surface area contributed by atoms with Crippen LogP contribution in [0, 0.1) is 6.92 Å². The molecule has 1 aromatic heterocycles. The van der Waals surface area contributed by atoms with E-state index in [-0.39, 0.29) is 5.97 Å². The second-order valence-electron chi connectivity index (χ2n) is 4.48. The maximum atomic E-state index is 11.5. The van der Waals surface area contributed by atoms with Crippen molar-refractivity contribution in [3.05, 3.63) is 40.2 Å². The van der Waals surface area contributed by atoms with Crippen LogP contribution in [0.5, 0.6) is 5.75 Å². The number of carbonyl (C=O) groups is 1. The minimum absolute atomic E-state index is 0.267. The highest BCUT2D eigenvalue weighted by Crippen LogP contribution is 2.22. The van der Waals surface area contributed by atoms with E-state index in [1.54, 1.807) is 18.2 Å². The molecule has 0 N–H and O–H groups in total. The first kappa shape index (κ1) is 13.3. The molecular formula is C15H16O4. The van der Waals surface area contributed by atoms with Crippen LogP contribution < -0.4 is 10.4 Å². The van der Waals surface area contributed by atoms with E-state index < -0.39 is 5.63 Å². The lowest BCUT2D eigenvalue weighted by molar-refractivity contribution is -0.134. The largest absolute Gasteiger partial charge is 0.426 e. The van der Waals surface area contributed by atoms with Crippen molar-refractivity contribution in [2.75, 3.05) is 0 Å². The molecule has 0 atom stereocenters. The fourth-order valence-corrected chi connectivity index (χ4v) is 1.87. The van der Waals surface area contributed by atoms with Gasteiger partial charge in [0.05, 0.1) is 0 Å². The second-order valence-corrected chi connectivity index (χ2v) is 4.48. The highest BCUT2D eigenvalue weighted by Gasteiger charge is 2.07. The van der Waals surface area contributed by atoms with E-state index in [9.17, 15) is 9.59 Å². The molecule has 0 aliphatic carbocycles. The lowest BCUT2D eigenvalue weighted by atomic mass is 10.1. The van der Waals surface area contributed by atoms with Crippen molar-refractivity contribution in [3.8, 4) is 5.75 Å². The van der Waals surface area contributed by atoms with Gasteiger partial charge in [0.25, 0.3) is 0 Å². The summed E-state index contributed by atoms with van der Waals surface area (Å²) >= 11 is 0. The quantitative estimate of drug-likeness (QED) is 0.481. The van der Waals surface area contributed by atoms with Crippen LogP contribution in [0.4, 0.5) is 0 Å². The summed E-state index contributed by atoms with van der Waals surface area (Å²) in [6.07, 6.45) is 2.15. The highest BCUT2D eigenvalue weighted by molar-refractivity contribution is 5.82. The molecule has 4 nitrogen and oxygen atoms in total. The Kier molecular flexibility index (Phi) is 4.00. The Hall–Kier alpha value is -2.10. The third-order valence-corrected chi connectivity index (χ3v) is 2.89. The van der Waals surface area contributed by atoms with Crippen LogP contribution in [0.1, 0.15) is 31.7 Å². The Morgan fingerprint density at radius 3 is 2.84 bits per heavy atom. The zero-order chi connectivity index (χ0) is 13.8. The van der Waals surface area contributed by atoms with Crippen LogP contribution in [0.25, 0.3) is 11.0 Å². The molecule has 4 heteroatoms. The maximum absolute atomic E-state index is 11.5. The maximum Gasteiger partial charge on any atom is 0.336 e. The Morgan fingerprint density at radius 2 is 2.11 bits per heavy atom. The number of fused-ring (bicyclic) bond motifs is 1. The van der Waals surface area contributed by atoms with E-state index in [0.717, 1.165) is 23.8 Å². The first-order chi connectivity index (χ1) is 9.10. The van der Waals surface area contributed by atoms with Crippen molar-refractivity contribution in [1.82, 2.24) is 0 Å². The van der Waals surface area contributed by atoms with E-state index >= 15 is 0 Å². The van der Waals surface area contributed by atoms with Crippen LogP contribution >= 0.6 is 0 Å². The summed E-state index contributed by atoms with van der Waals surface area (Å²) < 4.78 is 10.3. The number of ether oxygens (including phenoxy) is 1. The monoisotopic (exact) mass is 260 g/mol. The van der Waals surface area contributed by atoms with Gasteiger partial charge in [-0.2, -0.15) is 0 Å². The van der Waals surface area contributed by atoms with Crippen LogP contribution in [-0.2, 0) is 4.79 Å². The third-order valence-electron chi connectivity index (χ3n) is 2.89. The third kappa shape index (κ3) is 3.22. The van der Waals surface area contributed by atoms with Crippen molar-refractivity contribution < 1.29 is 13.9 Å². The van der Waals surface area contributed by atoms with Gasteiger partial charge in [0.1, 0.15) is 11.3 Å². The number of unbranched alkanes of at least 4 members (excludes halogenated alkanes) is 1. The van der Waals surface area contributed by atoms with E-state index in [1.165, 1.54) is 6.07 Å². The Labute approximate surface area is 111 Å². The fraction of sp³-hybridized carbons (Fsp3) is 0.333. The number of aryl methyl sites for hydroxylation is 1. The molecule has 0 saturated heterocycles. The number of hydrogen-bond donors (Lipinski definition) is 0. The molecule has 1 heterocycles. The normalized spacial score (nSPS) is 10.6. The predicted octanol–water partition coefficient (Wildman–Crippen LogP) is 3.20. The van der Waals surface area contributed by atoms with Crippen molar-refractivity contribution in [3.63, 3.8) is 0 Å². The van der Waals surface area contributed by atoms with Crippen molar-refractivity contribution in [2.24, 2.45) is 0 Å². The number of rotatable bonds is 4. The van der Waals surface area contributed by atoms with E-state index in [1.807, 2.05) is 13.8 Å². The Balaban J connectivity index is 2.26. The number of esters is 1. The van der Waals surface area contributed by atoms with Gasteiger partial charge in [0.2, 0.25) is 0 Å². The second kappa shape index (κ2) is 5.69. The van der Waals surface area contributed by atoms with Crippen LogP contribution in [0.2, 0.25) is 0 Å². The smallest absolute Gasteiger partial charge is 0.336 e. The predicted molar refractivity (Wildman–Crippen MR) is 72.4 cm³/mol. The summed E-state index contributed by atoms with van der Waals surface area (Å²) in [5.74, 6) is 0.138. The van der Waals surface area contributed by atoms with Crippen LogP contribution in [0.3, 0.4) is 0 Å². The van der Waals surface area contributed by atoms with E-state index in [4.69, 9.17) is 9.15 Å². The number of carbonyl (C=O) groups excluding carboxylic acids is 1. The molecule has 0 bridgehead atoms. The molecule has 19 heavy (non-hydrogen) atoms. The highest BCUT2D eigenvalue weighted by atomic mass is 16.5. The Morgan fingerprint density at radius 1 is 1.32 bits per heavy atom. The van der Waals surface area contributed by atoms with Gasteiger partial charge in [-0.3, -0.25) is 4.79 Å². The minimum atomic E-state index is -0.403. The summed E-state index contributed by atoms with van der Waals surface area (Å²) in [7, 11) is 0. The standard InChI is InChI=1S/C15H16O4/c1-3-4-5-14(16)18-11-6-7-12-10(2)8-15(17)19-13(12)9-11/h6-9H,3-5H2,1-2H3. The zero-order valence-electron chi connectivity index (χ0n) is 11.1. The van der Waals surface area contributed by atoms with Gasteiger partial charge in [0, 0.05) is 23.9 Å². The molecule has 1 aromatic carbocycles. The molecule has 100 valence electrons. The molecule has 0 spiro atoms.